The van der Waals surface area contributed by atoms with Gasteiger partial charge in [0, 0.05) is 6.10 Å². The van der Waals surface area contributed by atoms with E-state index in [1.165, 1.54) is 57.8 Å². The lowest BCUT2D eigenvalue weighted by atomic mass is 9.44. The highest BCUT2D eigenvalue weighted by molar-refractivity contribution is 6.74. The number of rotatable bonds is 6. The van der Waals surface area contributed by atoms with Gasteiger partial charge in [-0.05, 0) is 135 Å². The van der Waals surface area contributed by atoms with Crippen LogP contribution in [-0.4, -0.2) is 21.1 Å². The van der Waals surface area contributed by atoms with E-state index in [4.69, 9.17) is 4.43 Å². The maximum absolute atomic E-state index is 12.9. The molecule has 0 radical (unpaired) electrons. The van der Waals surface area contributed by atoms with Crippen molar-refractivity contribution in [1.29, 1.82) is 0 Å². The van der Waals surface area contributed by atoms with Crippen molar-refractivity contribution < 1.29 is 8.82 Å². The third-order valence-corrected chi connectivity index (χ3v) is 17.0. The van der Waals surface area contributed by atoms with Gasteiger partial charge in [-0.3, -0.25) is 4.39 Å². The van der Waals surface area contributed by atoms with Crippen LogP contribution < -0.4 is 0 Å². The van der Waals surface area contributed by atoms with Gasteiger partial charge >= 0.3 is 0 Å². The summed E-state index contributed by atoms with van der Waals surface area (Å²) in [6.07, 6.45) is 15.0. The van der Waals surface area contributed by atoms with E-state index in [-0.39, 0.29) is 6.67 Å². The smallest absolute Gasteiger partial charge is 0.192 e. The Hall–Kier alpha value is 0.107. The van der Waals surface area contributed by atoms with E-state index in [9.17, 15) is 4.39 Å². The molecular weight excluding hydrogens is 423 g/mol. The van der Waals surface area contributed by atoms with Gasteiger partial charge in [0.25, 0.3) is 0 Å². The zero-order valence-electron chi connectivity index (χ0n) is 23.3. The molecule has 0 aliphatic heterocycles. The van der Waals surface area contributed by atoms with Crippen molar-refractivity contribution in [2.45, 2.75) is 136 Å². The predicted molar refractivity (Wildman–Crippen MR) is 142 cm³/mol. The minimum Gasteiger partial charge on any atom is -0.414 e. The number of fused-ring (bicyclic) bond motifs is 5. The first-order valence-corrected chi connectivity index (χ1v) is 17.5. The minimum absolute atomic E-state index is 0.137. The Morgan fingerprint density at radius 2 is 1.61 bits per heavy atom. The molecule has 33 heavy (non-hydrogen) atoms. The van der Waals surface area contributed by atoms with Gasteiger partial charge in [-0.1, -0.05) is 41.5 Å². The summed E-state index contributed by atoms with van der Waals surface area (Å²) >= 11 is 0. The summed E-state index contributed by atoms with van der Waals surface area (Å²) in [5.41, 5.74) is 1.05. The SMILES string of the molecule is C[C@H](CCCF)[C@H]1CC[C@H]2[C@@H]3CC[C@@H]4C[C@@H](O[Si](C)(C)C(C)(C)C)CC[C@]4(C)[C@H]3CC[C@]12C. The third-order valence-electron chi connectivity index (χ3n) is 12.4. The average Bonchev–Trinajstić information content (AvgIpc) is 3.08. The number of alkyl halides is 1. The van der Waals surface area contributed by atoms with Gasteiger partial charge in [0.1, 0.15) is 0 Å². The lowest BCUT2D eigenvalue weighted by Crippen LogP contribution is -2.55. The molecule has 1 nitrogen and oxygen atoms in total. The summed E-state index contributed by atoms with van der Waals surface area (Å²) in [6, 6.07) is 0. The summed E-state index contributed by atoms with van der Waals surface area (Å²) < 4.78 is 19.8. The van der Waals surface area contributed by atoms with Gasteiger partial charge in [-0.15, -0.1) is 0 Å². The Kier molecular flexibility index (Phi) is 7.30. The molecule has 9 atom stereocenters. The molecule has 0 saturated heterocycles. The Bertz CT molecular complexity index is 685. The molecule has 3 heteroatoms. The molecule has 0 heterocycles. The largest absolute Gasteiger partial charge is 0.414 e. The van der Waals surface area contributed by atoms with E-state index in [0.29, 0.717) is 27.9 Å². The van der Waals surface area contributed by atoms with Crippen molar-refractivity contribution in [2.24, 2.45) is 46.3 Å². The second-order valence-corrected chi connectivity index (χ2v) is 19.7. The predicted octanol–water partition coefficient (Wildman–Crippen LogP) is 9.42. The zero-order valence-corrected chi connectivity index (χ0v) is 24.3. The first-order valence-electron chi connectivity index (χ1n) is 14.6. The summed E-state index contributed by atoms with van der Waals surface area (Å²) in [4.78, 5) is 0. The molecule has 0 unspecified atom stereocenters. The number of hydrogen-bond donors (Lipinski definition) is 0. The fourth-order valence-corrected chi connectivity index (χ4v) is 10.9. The number of halogens is 1. The minimum atomic E-state index is -1.69. The average molecular weight is 479 g/mol. The van der Waals surface area contributed by atoms with Gasteiger partial charge in [0.05, 0.1) is 6.67 Å². The van der Waals surface area contributed by atoms with E-state index in [1.807, 2.05) is 0 Å². The van der Waals surface area contributed by atoms with Crippen LogP contribution in [0.25, 0.3) is 0 Å². The monoisotopic (exact) mass is 478 g/mol. The van der Waals surface area contributed by atoms with Crippen LogP contribution in [0.5, 0.6) is 0 Å². The molecule has 0 aromatic carbocycles. The number of hydrogen-bond acceptors (Lipinski definition) is 1. The highest BCUT2D eigenvalue weighted by Gasteiger charge is 2.60. The second-order valence-electron chi connectivity index (χ2n) is 15.0. The van der Waals surface area contributed by atoms with Crippen LogP contribution in [0.3, 0.4) is 0 Å². The highest BCUT2D eigenvalue weighted by Crippen LogP contribution is 2.68. The molecular formula is C30H55FOSi. The van der Waals surface area contributed by atoms with Crippen LogP contribution >= 0.6 is 0 Å². The molecule has 4 saturated carbocycles. The summed E-state index contributed by atoms with van der Waals surface area (Å²) in [5.74, 6) is 5.20. The van der Waals surface area contributed by atoms with E-state index < -0.39 is 8.32 Å². The van der Waals surface area contributed by atoms with Crippen LogP contribution in [-0.2, 0) is 4.43 Å². The molecule has 4 aliphatic carbocycles. The molecule has 4 rings (SSSR count). The van der Waals surface area contributed by atoms with Crippen molar-refractivity contribution in [1.82, 2.24) is 0 Å². The molecule has 0 spiro atoms. The molecule has 0 aromatic heterocycles. The first kappa shape index (κ1) is 26.2. The Labute approximate surface area is 206 Å². The van der Waals surface area contributed by atoms with Gasteiger partial charge in [-0.2, -0.15) is 0 Å². The standard InChI is InChI=1S/C30H55FOSi/c1-21(10-9-19-31)25-13-14-26-24-12-11-22-20-23(32-33(7,8)28(2,3)4)15-17-29(22,5)27(24)16-18-30(25,26)6/h21-27H,9-20H2,1-8H3/t21-,22-,23+,24+,25-,26+,27+,29+,30-/m1/s1. The van der Waals surface area contributed by atoms with Crippen LogP contribution in [0.1, 0.15) is 112 Å². The van der Waals surface area contributed by atoms with E-state index in [0.717, 1.165) is 42.4 Å². The van der Waals surface area contributed by atoms with Crippen molar-refractivity contribution >= 4 is 8.32 Å². The second kappa shape index (κ2) is 9.20. The Balaban J connectivity index is 1.45. The third kappa shape index (κ3) is 4.54. The first-order chi connectivity index (χ1) is 15.3. The molecule has 0 bridgehead atoms. The fourth-order valence-electron chi connectivity index (χ4n) is 9.49. The van der Waals surface area contributed by atoms with E-state index in [1.54, 1.807) is 0 Å². The molecule has 0 N–H and O–H groups in total. The maximum atomic E-state index is 12.9. The maximum Gasteiger partial charge on any atom is 0.192 e. The summed E-state index contributed by atoms with van der Waals surface area (Å²) in [5, 5.41) is 0.305. The summed E-state index contributed by atoms with van der Waals surface area (Å²) in [6.45, 7) is 19.6. The summed E-state index contributed by atoms with van der Waals surface area (Å²) in [7, 11) is -1.69. The fraction of sp³-hybridized carbons (Fsp3) is 1.00. The Morgan fingerprint density at radius 1 is 0.939 bits per heavy atom. The topological polar surface area (TPSA) is 9.23 Å². The molecule has 4 aliphatic rings. The lowest BCUT2D eigenvalue weighted by molar-refractivity contribution is -0.127. The lowest BCUT2D eigenvalue weighted by Gasteiger charge is -2.61. The van der Waals surface area contributed by atoms with Crippen molar-refractivity contribution in [2.75, 3.05) is 6.67 Å². The van der Waals surface area contributed by atoms with Crippen LogP contribution in [0.15, 0.2) is 0 Å². The van der Waals surface area contributed by atoms with E-state index >= 15 is 0 Å². The van der Waals surface area contributed by atoms with Crippen LogP contribution in [0.4, 0.5) is 4.39 Å². The van der Waals surface area contributed by atoms with Gasteiger partial charge in [0.15, 0.2) is 8.32 Å². The molecule has 192 valence electrons. The molecule has 0 amide bonds. The molecule has 0 aromatic rings. The van der Waals surface area contributed by atoms with Crippen molar-refractivity contribution in [3.8, 4) is 0 Å². The molecule has 4 fully saturated rings. The van der Waals surface area contributed by atoms with Crippen molar-refractivity contribution in [3.05, 3.63) is 0 Å². The normalized spacial score (nSPS) is 44.6. The van der Waals surface area contributed by atoms with Gasteiger partial charge in [-0.25, -0.2) is 0 Å². The van der Waals surface area contributed by atoms with Gasteiger partial charge in [0.2, 0.25) is 0 Å². The van der Waals surface area contributed by atoms with E-state index in [2.05, 4.69) is 54.6 Å². The quantitative estimate of drug-likeness (QED) is 0.345. The van der Waals surface area contributed by atoms with Crippen LogP contribution in [0.2, 0.25) is 18.1 Å². The van der Waals surface area contributed by atoms with Crippen molar-refractivity contribution in [3.63, 3.8) is 0 Å². The van der Waals surface area contributed by atoms with Crippen LogP contribution in [0, 0.1) is 46.3 Å². The highest BCUT2D eigenvalue weighted by atomic mass is 28.4. The zero-order chi connectivity index (χ0) is 24.2. The van der Waals surface area contributed by atoms with Gasteiger partial charge < -0.3 is 4.43 Å². The Morgan fingerprint density at radius 3 is 2.27 bits per heavy atom.